The van der Waals surface area contributed by atoms with E-state index in [1.54, 1.807) is 6.33 Å². The van der Waals surface area contributed by atoms with Crippen LogP contribution < -0.4 is 0 Å². The molecule has 0 N–H and O–H groups in total. The van der Waals surface area contributed by atoms with Crippen molar-refractivity contribution < 1.29 is 0 Å². The van der Waals surface area contributed by atoms with Crippen LogP contribution in [-0.4, -0.2) is 9.97 Å². The van der Waals surface area contributed by atoms with Gasteiger partial charge in [-0.3, -0.25) is 0 Å². The van der Waals surface area contributed by atoms with Crippen LogP contribution in [0.4, 0.5) is 0 Å². The van der Waals surface area contributed by atoms with Gasteiger partial charge in [0.25, 0.3) is 0 Å². The number of aryl methyl sites for hydroxylation is 1. The first-order valence-electron chi connectivity index (χ1n) is 9.46. The van der Waals surface area contributed by atoms with E-state index in [9.17, 15) is 0 Å². The van der Waals surface area contributed by atoms with Crippen LogP contribution in [0.3, 0.4) is 0 Å². The van der Waals surface area contributed by atoms with Crippen molar-refractivity contribution >= 4 is 10.9 Å². The van der Waals surface area contributed by atoms with Gasteiger partial charge in [-0.05, 0) is 54.5 Å². The van der Waals surface area contributed by atoms with Gasteiger partial charge in [0, 0.05) is 16.4 Å². The summed E-state index contributed by atoms with van der Waals surface area (Å²) < 4.78 is 0. The van der Waals surface area contributed by atoms with Crippen molar-refractivity contribution in [2.24, 2.45) is 0 Å². The summed E-state index contributed by atoms with van der Waals surface area (Å²) in [6.07, 6.45) is 7.10. The maximum absolute atomic E-state index is 4.70. The zero-order valence-corrected chi connectivity index (χ0v) is 15.3. The van der Waals surface area contributed by atoms with E-state index in [4.69, 9.17) is 4.98 Å². The predicted molar refractivity (Wildman–Crippen MR) is 103 cm³/mol. The van der Waals surface area contributed by atoms with Gasteiger partial charge in [-0.2, -0.15) is 0 Å². The molecule has 2 nitrogen and oxygen atoms in total. The number of aromatic nitrogens is 2. The molecule has 2 aliphatic carbocycles. The Morgan fingerprint density at radius 1 is 0.960 bits per heavy atom. The number of fused-ring (bicyclic) bond motifs is 2. The predicted octanol–water partition coefficient (Wildman–Crippen LogP) is 5.90. The maximum atomic E-state index is 4.70. The number of hydrogen-bond acceptors (Lipinski definition) is 2. The van der Waals surface area contributed by atoms with Gasteiger partial charge in [0.2, 0.25) is 0 Å². The second-order valence-corrected chi connectivity index (χ2v) is 8.34. The molecule has 5 rings (SSSR count). The lowest BCUT2D eigenvalue weighted by Gasteiger charge is -2.35. The Morgan fingerprint density at radius 2 is 1.76 bits per heavy atom. The molecule has 126 valence electrons. The highest BCUT2D eigenvalue weighted by molar-refractivity contribution is 6.00. The van der Waals surface area contributed by atoms with Gasteiger partial charge in [-0.15, -0.1) is 0 Å². The lowest BCUT2D eigenvalue weighted by molar-refractivity contribution is 0.638. The molecule has 1 aromatic heterocycles. The van der Waals surface area contributed by atoms with E-state index in [0.29, 0.717) is 5.92 Å². The van der Waals surface area contributed by atoms with E-state index < -0.39 is 0 Å². The van der Waals surface area contributed by atoms with E-state index in [1.165, 1.54) is 58.9 Å². The Bertz CT molecular complexity index is 994. The molecule has 0 saturated heterocycles. The van der Waals surface area contributed by atoms with E-state index in [2.05, 4.69) is 56.1 Å². The molecule has 2 aromatic carbocycles. The highest BCUT2D eigenvalue weighted by Gasteiger charge is 2.35. The fourth-order valence-corrected chi connectivity index (χ4v) is 4.95. The summed E-state index contributed by atoms with van der Waals surface area (Å²) >= 11 is 0. The second-order valence-electron chi connectivity index (χ2n) is 8.34. The minimum Gasteiger partial charge on any atom is -0.236 e. The molecule has 0 atom stereocenters. The van der Waals surface area contributed by atoms with Gasteiger partial charge in [0.1, 0.15) is 6.33 Å². The molecule has 0 spiro atoms. The molecule has 1 fully saturated rings. The minimum atomic E-state index is -0.0202. The first kappa shape index (κ1) is 15.1. The molecule has 0 aliphatic heterocycles. The van der Waals surface area contributed by atoms with Crippen LogP contribution in [0.1, 0.15) is 67.7 Å². The fraction of sp³-hybridized carbons (Fsp3) is 0.391. The lowest BCUT2D eigenvalue weighted by atomic mass is 9.69. The van der Waals surface area contributed by atoms with Crippen molar-refractivity contribution in [3.8, 4) is 11.3 Å². The van der Waals surface area contributed by atoms with Gasteiger partial charge in [-0.25, -0.2) is 9.97 Å². The molecule has 2 aliphatic rings. The van der Waals surface area contributed by atoms with Crippen molar-refractivity contribution in [2.45, 2.75) is 57.8 Å². The average Bonchev–Trinajstić information content (AvgIpc) is 3.13. The quantitative estimate of drug-likeness (QED) is 0.555. The molecule has 1 heterocycles. The normalized spacial score (nSPS) is 18.5. The van der Waals surface area contributed by atoms with Crippen LogP contribution in [0.2, 0.25) is 0 Å². The van der Waals surface area contributed by atoms with Crippen molar-refractivity contribution in [2.75, 3.05) is 0 Å². The molecule has 3 aromatic rings. The maximum Gasteiger partial charge on any atom is 0.116 e. The summed E-state index contributed by atoms with van der Waals surface area (Å²) in [5.41, 5.74) is 9.03. The molecule has 0 unspecified atom stereocenters. The summed E-state index contributed by atoms with van der Waals surface area (Å²) in [4.78, 5) is 9.37. The van der Waals surface area contributed by atoms with Gasteiger partial charge >= 0.3 is 0 Å². The fourth-order valence-electron chi connectivity index (χ4n) is 4.95. The third kappa shape index (κ3) is 2.09. The van der Waals surface area contributed by atoms with Gasteiger partial charge in [0.15, 0.2) is 0 Å². The summed E-state index contributed by atoms with van der Waals surface area (Å²) in [5, 5.41) is 1.26. The van der Waals surface area contributed by atoms with E-state index in [0.717, 1.165) is 11.2 Å². The highest BCUT2D eigenvalue weighted by atomic mass is 14.8. The monoisotopic (exact) mass is 328 g/mol. The standard InChI is InChI=1S/C23H24N2/c1-14-8-9-18-17(10-14)22-21-19(23(18,2)3)11-16(15-6-4-5-7-15)12-20(21)24-13-25-22/h8-13,15H,4-7H2,1-3H3. The zero-order valence-electron chi connectivity index (χ0n) is 15.3. The van der Waals surface area contributed by atoms with Crippen LogP contribution >= 0.6 is 0 Å². The van der Waals surface area contributed by atoms with Crippen LogP contribution in [-0.2, 0) is 5.41 Å². The van der Waals surface area contributed by atoms with Crippen molar-refractivity contribution in [1.82, 2.24) is 9.97 Å². The minimum absolute atomic E-state index is 0.0202. The summed E-state index contributed by atoms with van der Waals surface area (Å²) in [5.74, 6) is 0.703. The molecule has 25 heavy (non-hydrogen) atoms. The third-order valence-corrected chi connectivity index (χ3v) is 6.36. The second kappa shape index (κ2) is 5.14. The Balaban J connectivity index is 1.86. The summed E-state index contributed by atoms with van der Waals surface area (Å²) in [7, 11) is 0. The number of rotatable bonds is 1. The Kier molecular flexibility index (Phi) is 3.10. The Labute approximate surface area is 149 Å². The molecule has 0 amide bonds. The summed E-state index contributed by atoms with van der Waals surface area (Å²) in [6, 6.07) is 11.6. The molecular formula is C23H24N2. The van der Waals surface area contributed by atoms with Crippen molar-refractivity contribution in [1.29, 1.82) is 0 Å². The van der Waals surface area contributed by atoms with Crippen LogP contribution in [0, 0.1) is 6.92 Å². The molecular weight excluding hydrogens is 304 g/mol. The van der Waals surface area contributed by atoms with Crippen LogP contribution in [0.25, 0.3) is 22.2 Å². The smallest absolute Gasteiger partial charge is 0.116 e. The van der Waals surface area contributed by atoms with Crippen LogP contribution in [0.15, 0.2) is 36.7 Å². The van der Waals surface area contributed by atoms with E-state index in [1.807, 2.05) is 0 Å². The van der Waals surface area contributed by atoms with E-state index >= 15 is 0 Å². The first-order valence-corrected chi connectivity index (χ1v) is 9.46. The van der Waals surface area contributed by atoms with E-state index in [-0.39, 0.29) is 5.41 Å². The average molecular weight is 328 g/mol. The molecule has 2 heteroatoms. The third-order valence-electron chi connectivity index (χ3n) is 6.36. The number of hydrogen-bond donors (Lipinski definition) is 0. The van der Waals surface area contributed by atoms with Gasteiger partial charge in [-0.1, -0.05) is 50.5 Å². The lowest BCUT2D eigenvalue weighted by Crippen LogP contribution is -2.24. The Morgan fingerprint density at radius 3 is 2.56 bits per heavy atom. The molecule has 1 saturated carbocycles. The van der Waals surface area contributed by atoms with Crippen LogP contribution in [0.5, 0.6) is 0 Å². The zero-order chi connectivity index (χ0) is 17.2. The largest absolute Gasteiger partial charge is 0.236 e. The molecule has 0 bridgehead atoms. The number of benzene rings is 2. The summed E-state index contributed by atoms with van der Waals surface area (Å²) in [6.45, 7) is 6.86. The highest BCUT2D eigenvalue weighted by Crippen LogP contribution is 2.49. The Hall–Kier alpha value is -2.22. The molecule has 0 radical (unpaired) electrons. The van der Waals surface area contributed by atoms with Crippen molar-refractivity contribution in [3.63, 3.8) is 0 Å². The van der Waals surface area contributed by atoms with Crippen molar-refractivity contribution in [3.05, 3.63) is 58.9 Å². The van der Waals surface area contributed by atoms with Gasteiger partial charge in [0.05, 0.1) is 11.2 Å². The first-order chi connectivity index (χ1) is 12.1. The topological polar surface area (TPSA) is 25.8 Å². The van der Waals surface area contributed by atoms with Gasteiger partial charge < -0.3 is 0 Å². The SMILES string of the molecule is Cc1ccc2c(c1)-c1ncnc3cc(C4CCCC4)cc(c13)C2(C)C. The number of nitrogens with zero attached hydrogens (tertiary/aromatic N) is 2.